The predicted octanol–water partition coefficient (Wildman–Crippen LogP) is 3.01. The zero-order chi connectivity index (χ0) is 13.8. The molecule has 2 rings (SSSR count). The Morgan fingerprint density at radius 2 is 1.95 bits per heavy atom. The summed E-state index contributed by atoms with van der Waals surface area (Å²) in [4.78, 5) is 11.1. The molecule has 98 valence electrons. The quantitative estimate of drug-likeness (QED) is 0.881. The van der Waals surface area contributed by atoms with Crippen LogP contribution in [0.25, 0.3) is 0 Å². The summed E-state index contributed by atoms with van der Waals surface area (Å²) in [7, 11) is 0. The van der Waals surface area contributed by atoms with Gasteiger partial charge < -0.3 is 11.1 Å². The normalized spacial score (nSPS) is 10.2. The lowest BCUT2D eigenvalue weighted by Crippen LogP contribution is -2.11. The van der Waals surface area contributed by atoms with Crippen LogP contribution in [0.3, 0.4) is 0 Å². The van der Waals surface area contributed by atoms with Crippen LogP contribution >= 0.6 is 0 Å². The molecule has 0 aliphatic rings. The van der Waals surface area contributed by atoms with E-state index in [0.29, 0.717) is 5.56 Å². The minimum atomic E-state index is -0.388. The molecule has 0 saturated heterocycles. The summed E-state index contributed by atoms with van der Waals surface area (Å²) < 4.78 is 0. The van der Waals surface area contributed by atoms with Gasteiger partial charge in [-0.05, 0) is 54.8 Å². The molecule has 2 aromatic rings. The Morgan fingerprint density at radius 1 is 1.16 bits per heavy atom. The second-order valence-electron chi connectivity index (χ2n) is 4.73. The number of carbonyl (C=O) groups excluding carboxylic acids is 1. The summed E-state index contributed by atoms with van der Waals surface area (Å²) in [5.41, 5.74) is 10.4. The highest BCUT2D eigenvalue weighted by molar-refractivity contribution is 5.93. The molecule has 0 heterocycles. The Balaban J connectivity index is 2.10. The smallest absolute Gasteiger partial charge is 0.248 e. The third-order valence-corrected chi connectivity index (χ3v) is 3.13. The van der Waals surface area contributed by atoms with Gasteiger partial charge in [0.1, 0.15) is 0 Å². The van der Waals surface area contributed by atoms with E-state index in [0.717, 1.165) is 23.4 Å². The van der Waals surface area contributed by atoms with Crippen LogP contribution in [0.5, 0.6) is 0 Å². The number of primary amides is 1. The van der Waals surface area contributed by atoms with Gasteiger partial charge in [-0.25, -0.2) is 0 Å². The van der Waals surface area contributed by atoms with E-state index < -0.39 is 0 Å². The minimum absolute atomic E-state index is 0.388. The maximum atomic E-state index is 11.1. The van der Waals surface area contributed by atoms with Crippen molar-refractivity contribution in [2.45, 2.75) is 20.4 Å². The summed E-state index contributed by atoms with van der Waals surface area (Å²) in [5, 5.41) is 3.38. The van der Waals surface area contributed by atoms with Crippen LogP contribution in [0.1, 0.15) is 27.0 Å². The van der Waals surface area contributed by atoms with E-state index in [4.69, 9.17) is 5.73 Å². The summed E-state index contributed by atoms with van der Waals surface area (Å²) >= 11 is 0. The molecule has 0 radical (unpaired) electrons. The van der Waals surface area contributed by atoms with Crippen molar-refractivity contribution >= 4 is 11.6 Å². The molecule has 0 aliphatic carbocycles. The Hall–Kier alpha value is -2.29. The van der Waals surface area contributed by atoms with E-state index >= 15 is 0 Å². The Kier molecular flexibility index (Phi) is 3.85. The molecule has 0 spiro atoms. The summed E-state index contributed by atoms with van der Waals surface area (Å²) in [6.07, 6.45) is 0. The van der Waals surface area contributed by atoms with Gasteiger partial charge in [-0.2, -0.15) is 0 Å². The van der Waals surface area contributed by atoms with Gasteiger partial charge in [0.25, 0.3) is 0 Å². The topological polar surface area (TPSA) is 55.1 Å². The van der Waals surface area contributed by atoms with Gasteiger partial charge in [0.15, 0.2) is 0 Å². The van der Waals surface area contributed by atoms with Crippen molar-refractivity contribution < 1.29 is 4.79 Å². The summed E-state index contributed by atoms with van der Waals surface area (Å²) in [5.74, 6) is -0.388. The van der Waals surface area contributed by atoms with Crippen molar-refractivity contribution in [1.82, 2.24) is 0 Å². The van der Waals surface area contributed by atoms with E-state index in [1.54, 1.807) is 6.07 Å². The van der Waals surface area contributed by atoms with E-state index in [1.165, 1.54) is 5.56 Å². The predicted molar refractivity (Wildman–Crippen MR) is 78.2 cm³/mol. The molecule has 0 aliphatic heterocycles. The molecule has 3 nitrogen and oxygen atoms in total. The fourth-order valence-electron chi connectivity index (χ4n) is 2.00. The molecule has 0 atom stereocenters. The second kappa shape index (κ2) is 5.57. The number of nitrogens with one attached hydrogen (secondary N) is 1. The third-order valence-electron chi connectivity index (χ3n) is 3.13. The fourth-order valence-corrected chi connectivity index (χ4v) is 2.00. The highest BCUT2D eigenvalue weighted by atomic mass is 16.1. The first-order valence-corrected chi connectivity index (χ1v) is 6.26. The maximum Gasteiger partial charge on any atom is 0.248 e. The van der Waals surface area contributed by atoms with Crippen molar-refractivity contribution in [3.63, 3.8) is 0 Å². The van der Waals surface area contributed by atoms with Crippen LogP contribution in [0, 0.1) is 13.8 Å². The molecule has 0 bridgehead atoms. The molecule has 1 amide bonds. The van der Waals surface area contributed by atoms with Crippen LogP contribution in [0.2, 0.25) is 0 Å². The molecule has 19 heavy (non-hydrogen) atoms. The summed E-state index contributed by atoms with van der Waals surface area (Å²) in [6, 6.07) is 13.8. The van der Waals surface area contributed by atoms with Crippen LogP contribution in [-0.2, 0) is 6.54 Å². The highest BCUT2D eigenvalue weighted by Gasteiger charge is 2.04. The average molecular weight is 254 g/mol. The van der Waals surface area contributed by atoms with Crippen molar-refractivity contribution in [2.75, 3.05) is 5.32 Å². The van der Waals surface area contributed by atoms with Crippen LogP contribution in [0.4, 0.5) is 5.69 Å². The van der Waals surface area contributed by atoms with Crippen molar-refractivity contribution in [3.8, 4) is 0 Å². The summed E-state index contributed by atoms with van der Waals surface area (Å²) in [6.45, 7) is 4.78. The number of nitrogens with two attached hydrogens (primary N) is 1. The average Bonchev–Trinajstić information content (AvgIpc) is 2.37. The van der Waals surface area contributed by atoms with E-state index in [2.05, 4.69) is 24.4 Å². The first-order chi connectivity index (χ1) is 9.06. The van der Waals surface area contributed by atoms with Gasteiger partial charge in [-0.15, -0.1) is 0 Å². The van der Waals surface area contributed by atoms with Crippen LogP contribution in [-0.4, -0.2) is 5.91 Å². The monoisotopic (exact) mass is 254 g/mol. The lowest BCUT2D eigenvalue weighted by atomic mass is 10.0. The number of hydrogen-bond acceptors (Lipinski definition) is 2. The lowest BCUT2D eigenvalue weighted by Gasteiger charge is -2.10. The molecule has 2 aromatic carbocycles. The molecule has 3 heteroatoms. The van der Waals surface area contributed by atoms with Gasteiger partial charge in [0.05, 0.1) is 0 Å². The zero-order valence-corrected chi connectivity index (χ0v) is 11.2. The Bertz CT molecular complexity index is 605. The van der Waals surface area contributed by atoms with Gasteiger partial charge in [0, 0.05) is 17.8 Å². The molecule has 0 unspecified atom stereocenters. The van der Waals surface area contributed by atoms with E-state index in [1.807, 2.05) is 31.2 Å². The van der Waals surface area contributed by atoms with Gasteiger partial charge in [-0.3, -0.25) is 4.79 Å². The molecular weight excluding hydrogens is 236 g/mol. The third kappa shape index (κ3) is 3.35. The maximum absolute atomic E-state index is 11.1. The Labute approximate surface area is 113 Å². The fraction of sp³-hybridized carbons (Fsp3) is 0.188. The molecular formula is C16H18N2O. The van der Waals surface area contributed by atoms with Gasteiger partial charge >= 0.3 is 0 Å². The van der Waals surface area contributed by atoms with Crippen LogP contribution in [0.15, 0.2) is 42.5 Å². The van der Waals surface area contributed by atoms with E-state index in [9.17, 15) is 4.79 Å². The van der Waals surface area contributed by atoms with Crippen molar-refractivity contribution in [2.24, 2.45) is 5.73 Å². The number of anilines is 1. The number of rotatable bonds is 4. The number of carbonyl (C=O) groups is 1. The molecule has 0 fully saturated rings. The SMILES string of the molecule is Cc1cccc(NCc2ccc(C(N)=O)cc2C)c1. The number of hydrogen-bond donors (Lipinski definition) is 2. The van der Waals surface area contributed by atoms with E-state index in [-0.39, 0.29) is 5.91 Å². The first kappa shape index (κ1) is 13.1. The second-order valence-corrected chi connectivity index (χ2v) is 4.73. The van der Waals surface area contributed by atoms with Gasteiger partial charge in [0.2, 0.25) is 5.91 Å². The highest BCUT2D eigenvalue weighted by Crippen LogP contribution is 2.15. The van der Waals surface area contributed by atoms with Crippen LogP contribution < -0.4 is 11.1 Å². The number of benzene rings is 2. The molecule has 3 N–H and O–H groups in total. The van der Waals surface area contributed by atoms with Crippen molar-refractivity contribution in [1.29, 1.82) is 0 Å². The molecule has 0 saturated carbocycles. The zero-order valence-electron chi connectivity index (χ0n) is 11.2. The van der Waals surface area contributed by atoms with Gasteiger partial charge in [-0.1, -0.05) is 18.2 Å². The number of amides is 1. The lowest BCUT2D eigenvalue weighted by molar-refractivity contribution is 0.1000. The van der Waals surface area contributed by atoms with Crippen molar-refractivity contribution in [3.05, 3.63) is 64.7 Å². The minimum Gasteiger partial charge on any atom is -0.381 e. The standard InChI is InChI=1S/C16H18N2O/c1-11-4-3-5-15(8-11)18-10-14-7-6-13(16(17)19)9-12(14)2/h3-9,18H,10H2,1-2H3,(H2,17,19). The Morgan fingerprint density at radius 3 is 2.58 bits per heavy atom. The number of aryl methyl sites for hydroxylation is 2. The largest absolute Gasteiger partial charge is 0.381 e. The first-order valence-electron chi connectivity index (χ1n) is 6.26. The molecule has 0 aromatic heterocycles.